The van der Waals surface area contributed by atoms with Crippen molar-refractivity contribution in [3.05, 3.63) is 64.8 Å². The highest BCUT2D eigenvalue weighted by Gasteiger charge is 2.23. The van der Waals surface area contributed by atoms with Gasteiger partial charge in [-0.15, -0.1) is 0 Å². The number of nitriles is 1. The van der Waals surface area contributed by atoms with Crippen LogP contribution in [0.3, 0.4) is 0 Å². The summed E-state index contributed by atoms with van der Waals surface area (Å²) in [5, 5.41) is 16.1. The molecule has 2 aromatic carbocycles. The first kappa shape index (κ1) is 28.1. The van der Waals surface area contributed by atoms with Gasteiger partial charge in [-0.3, -0.25) is 14.6 Å². The van der Waals surface area contributed by atoms with E-state index in [1.165, 1.54) is 13.3 Å². The molecule has 0 saturated heterocycles. The van der Waals surface area contributed by atoms with Gasteiger partial charge in [-0.25, -0.2) is 4.79 Å². The molecule has 2 N–H and O–H groups in total. The second-order valence-corrected chi connectivity index (χ2v) is 9.86. The summed E-state index contributed by atoms with van der Waals surface area (Å²) in [5.41, 5.74) is 1.61. The number of pyridine rings is 1. The van der Waals surface area contributed by atoms with Crippen molar-refractivity contribution in [3.8, 4) is 11.8 Å². The molecule has 196 valence electrons. The number of ether oxygens (including phenoxy) is 3. The molecule has 3 aromatic rings. The molecule has 10 nitrogen and oxygen atoms in total. The molecule has 0 fully saturated rings. The Balaban J connectivity index is 1.81. The minimum absolute atomic E-state index is 0.288. The molecule has 0 atom stereocenters. The molecule has 0 aliphatic carbocycles. The molecule has 0 spiro atoms. The van der Waals surface area contributed by atoms with E-state index >= 15 is 0 Å². The lowest BCUT2D eigenvalue weighted by molar-refractivity contribution is -0.170. The maximum Gasteiger partial charge on any atom is 0.333 e. The molecule has 3 rings (SSSR count). The highest BCUT2D eigenvalue weighted by molar-refractivity contribution is 9.10. The van der Waals surface area contributed by atoms with E-state index in [9.17, 15) is 19.6 Å². The van der Waals surface area contributed by atoms with Gasteiger partial charge >= 0.3 is 11.9 Å². The first-order valence-corrected chi connectivity index (χ1v) is 12.1. The number of hydrogen-bond donors (Lipinski definition) is 2. The van der Waals surface area contributed by atoms with Crippen LogP contribution in [0.2, 0.25) is 0 Å². The molecule has 0 aliphatic rings. The van der Waals surface area contributed by atoms with E-state index in [0.29, 0.717) is 27.9 Å². The average molecular weight is 581 g/mol. The zero-order valence-corrected chi connectivity index (χ0v) is 22.7. The van der Waals surface area contributed by atoms with Crippen LogP contribution in [0.5, 0.6) is 5.75 Å². The lowest BCUT2D eigenvalue weighted by atomic mass is 9.98. The van der Waals surface area contributed by atoms with Gasteiger partial charge in [0, 0.05) is 40.0 Å². The van der Waals surface area contributed by atoms with Crippen LogP contribution in [0.15, 0.2) is 59.2 Å². The molecule has 0 saturated carbocycles. The SMILES string of the molecule is COc1cc2ncc(C#N)c(Nc3cccc(Br)c3)c2cc1NC(=O)C=CC(=O)OCOC(=O)C(C)(C)C. The van der Waals surface area contributed by atoms with Gasteiger partial charge in [-0.1, -0.05) is 22.0 Å². The number of halogens is 1. The number of carbonyl (C=O) groups excluding carboxylic acids is 3. The number of nitrogens with one attached hydrogen (secondary N) is 2. The van der Waals surface area contributed by atoms with Crippen LogP contribution in [0.25, 0.3) is 10.9 Å². The number of nitrogens with zero attached hydrogens (tertiary/aromatic N) is 2. The van der Waals surface area contributed by atoms with E-state index < -0.39 is 30.1 Å². The number of methoxy groups -OCH3 is 1. The van der Waals surface area contributed by atoms with E-state index in [1.54, 1.807) is 32.9 Å². The average Bonchev–Trinajstić information content (AvgIpc) is 2.87. The van der Waals surface area contributed by atoms with Gasteiger partial charge < -0.3 is 24.8 Å². The van der Waals surface area contributed by atoms with Crippen molar-refractivity contribution >= 4 is 61.7 Å². The summed E-state index contributed by atoms with van der Waals surface area (Å²) >= 11 is 3.43. The number of esters is 2. The zero-order chi connectivity index (χ0) is 27.9. The maximum atomic E-state index is 12.5. The molecule has 11 heteroatoms. The fourth-order valence-corrected chi connectivity index (χ4v) is 3.54. The summed E-state index contributed by atoms with van der Waals surface area (Å²) in [6.45, 7) is 4.43. The fraction of sp³-hybridized carbons (Fsp3) is 0.222. The Morgan fingerprint density at radius 3 is 2.55 bits per heavy atom. The molecule has 1 heterocycles. The third kappa shape index (κ3) is 7.30. The third-order valence-electron chi connectivity index (χ3n) is 5.04. The molecular weight excluding hydrogens is 556 g/mol. The highest BCUT2D eigenvalue weighted by Crippen LogP contribution is 2.36. The van der Waals surface area contributed by atoms with Crippen LogP contribution < -0.4 is 15.4 Å². The standard InChI is InChI=1S/C27H25BrN4O6/c1-27(2,3)26(35)38-15-37-24(34)9-8-23(33)32-21-11-19-20(12-22(21)36-4)30-14-16(13-29)25(19)31-18-7-5-6-17(28)10-18/h5-12,14H,15H2,1-4H3,(H,30,31)(H,32,33). The fourth-order valence-electron chi connectivity index (χ4n) is 3.14. The minimum atomic E-state index is -0.865. The van der Waals surface area contributed by atoms with Crippen molar-refractivity contribution < 1.29 is 28.6 Å². The van der Waals surface area contributed by atoms with Crippen molar-refractivity contribution in [1.29, 1.82) is 5.26 Å². The van der Waals surface area contributed by atoms with E-state index in [-0.39, 0.29) is 5.69 Å². The lowest BCUT2D eigenvalue weighted by Crippen LogP contribution is -2.24. The van der Waals surface area contributed by atoms with Crippen molar-refractivity contribution in [2.75, 3.05) is 24.5 Å². The molecule has 0 aliphatic heterocycles. The monoisotopic (exact) mass is 580 g/mol. The number of fused-ring (bicyclic) bond motifs is 1. The van der Waals surface area contributed by atoms with E-state index in [1.807, 2.05) is 24.3 Å². The number of hydrogen-bond acceptors (Lipinski definition) is 9. The second kappa shape index (κ2) is 12.2. The normalized spacial score (nSPS) is 11.1. The van der Waals surface area contributed by atoms with Crippen molar-refractivity contribution in [3.63, 3.8) is 0 Å². The molecule has 1 amide bonds. The van der Waals surface area contributed by atoms with Gasteiger partial charge in [-0.2, -0.15) is 5.26 Å². The summed E-state index contributed by atoms with van der Waals surface area (Å²) in [6.07, 6.45) is 3.33. The first-order chi connectivity index (χ1) is 18.0. The predicted octanol–water partition coefficient (Wildman–Crippen LogP) is 5.21. The van der Waals surface area contributed by atoms with Gasteiger partial charge in [0.2, 0.25) is 12.7 Å². The van der Waals surface area contributed by atoms with Gasteiger partial charge in [-0.05, 0) is 45.0 Å². The number of benzene rings is 2. The summed E-state index contributed by atoms with van der Waals surface area (Å²) in [4.78, 5) is 40.5. The Hall–Kier alpha value is -4.43. The summed E-state index contributed by atoms with van der Waals surface area (Å²) in [6, 6.07) is 12.8. The van der Waals surface area contributed by atoms with Crippen molar-refractivity contribution in [2.24, 2.45) is 5.41 Å². The summed E-state index contributed by atoms with van der Waals surface area (Å²) < 4.78 is 15.9. The van der Waals surface area contributed by atoms with Crippen LogP contribution in [-0.2, 0) is 23.9 Å². The van der Waals surface area contributed by atoms with E-state index in [2.05, 4.69) is 37.6 Å². The second-order valence-electron chi connectivity index (χ2n) is 8.95. The largest absolute Gasteiger partial charge is 0.494 e. The summed E-state index contributed by atoms with van der Waals surface area (Å²) in [5.74, 6) is -1.72. The molecule has 38 heavy (non-hydrogen) atoms. The Labute approximate surface area is 227 Å². The molecule has 0 bridgehead atoms. The topological polar surface area (TPSA) is 140 Å². The number of carbonyl (C=O) groups is 3. The Morgan fingerprint density at radius 1 is 1.13 bits per heavy atom. The Bertz CT molecular complexity index is 1460. The molecule has 0 radical (unpaired) electrons. The van der Waals surface area contributed by atoms with Crippen LogP contribution >= 0.6 is 15.9 Å². The number of rotatable bonds is 8. The smallest absolute Gasteiger partial charge is 0.333 e. The Kier molecular flexibility index (Phi) is 9.04. The first-order valence-electron chi connectivity index (χ1n) is 11.3. The quantitative estimate of drug-likeness (QED) is 0.209. The van der Waals surface area contributed by atoms with Gasteiger partial charge in [0.15, 0.2) is 0 Å². The van der Waals surface area contributed by atoms with Gasteiger partial charge in [0.1, 0.15) is 11.8 Å². The molecular formula is C27H25BrN4O6. The highest BCUT2D eigenvalue weighted by atomic mass is 79.9. The minimum Gasteiger partial charge on any atom is -0.494 e. The molecule has 0 unspecified atom stereocenters. The predicted molar refractivity (Wildman–Crippen MR) is 145 cm³/mol. The Morgan fingerprint density at radius 2 is 1.89 bits per heavy atom. The third-order valence-corrected chi connectivity index (χ3v) is 5.53. The number of amides is 1. The van der Waals surface area contributed by atoms with Crippen LogP contribution in [-0.4, -0.2) is 36.7 Å². The van der Waals surface area contributed by atoms with Gasteiger partial charge in [0.25, 0.3) is 0 Å². The zero-order valence-electron chi connectivity index (χ0n) is 21.1. The van der Waals surface area contributed by atoms with Crippen LogP contribution in [0.1, 0.15) is 26.3 Å². The molecule has 1 aromatic heterocycles. The van der Waals surface area contributed by atoms with Crippen LogP contribution in [0.4, 0.5) is 17.1 Å². The number of aromatic nitrogens is 1. The van der Waals surface area contributed by atoms with Crippen molar-refractivity contribution in [1.82, 2.24) is 4.98 Å². The van der Waals surface area contributed by atoms with Crippen molar-refractivity contribution in [2.45, 2.75) is 20.8 Å². The number of anilines is 3. The van der Waals surface area contributed by atoms with Gasteiger partial charge in [0.05, 0.1) is 35.0 Å². The summed E-state index contributed by atoms with van der Waals surface area (Å²) in [7, 11) is 1.44. The lowest BCUT2D eigenvalue weighted by Gasteiger charge is -2.16. The van der Waals surface area contributed by atoms with E-state index in [4.69, 9.17) is 14.2 Å². The van der Waals surface area contributed by atoms with E-state index in [0.717, 1.165) is 22.3 Å². The maximum absolute atomic E-state index is 12.5. The van der Waals surface area contributed by atoms with Crippen LogP contribution in [0, 0.1) is 16.7 Å².